The number of pyridine rings is 1. The summed E-state index contributed by atoms with van der Waals surface area (Å²) in [6.07, 6.45) is 1.54. The van der Waals surface area contributed by atoms with Gasteiger partial charge in [0.15, 0.2) is 5.78 Å². The minimum absolute atomic E-state index is 0.000197. The summed E-state index contributed by atoms with van der Waals surface area (Å²) in [6, 6.07) is 15.2. The maximum Gasteiger partial charge on any atom is 0.255 e. The molecule has 0 saturated carbocycles. The summed E-state index contributed by atoms with van der Waals surface area (Å²) in [4.78, 5) is 28.2. The maximum absolute atomic E-state index is 12.6. The van der Waals surface area contributed by atoms with Gasteiger partial charge in [-0.1, -0.05) is 11.6 Å². The van der Waals surface area contributed by atoms with E-state index < -0.39 is 0 Å². The van der Waals surface area contributed by atoms with Gasteiger partial charge in [-0.3, -0.25) is 9.59 Å². The number of rotatable bonds is 6. The van der Waals surface area contributed by atoms with Crippen molar-refractivity contribution in [2.45, 2.75) is 6.92 Å². The second-order valence-corrected chi connectivity index (χ2v) is 6.42. The molecule has 1 amide bonds. The Labute approximate surface area is 167 Å². The van der Waals surface area contributed by atoms with Crippen LogP contribution in [-0.4, -0.2) is 23.8 Å². The molecule has 0 aliphatic rings. The first-order chi connectivity index (χ1) is 13.5. The van der Waals surface area contributed by atoms with E-state index in [9.17, 15) is 9.59 Å². The zero-order chi connectivity index (χ0) is 20.1. The third-order valence-corrected chi connectivity index (χ3v) is 4.23. The van der Waals surface area contributed by atoms with E-state index in [1.165, 1.54) is 20.2 Å². The van der Waals surface area contributed by atoms with E-state index in [0.717, 1.165) is 5.69 Å². The molecule has 0 bridgehead atoms. The van der Waals surface area contributed by atoms with Crippen molar-refractivity contribution in [2.75, 3.05) is 17.7 Å². The largest absolute Gasteiger partial charge is 0.495 e. The monoisotopic (exact) mass is 395 g/mol. The van der Waals surface area contributed by atoms with Crippen LogP contribution in [0.2, 0.25) is 5.02 Å². The average Bonchev–Trinajstić information content (AvgIpc) is 2.69. The minimum atomic E-state index is -0.321. The number of hydrogen-bond donors (Lipinski definition) is 2. The number of aromatic nitrogens is 1. The Morgan fingerprint density at radius 1 is 1.00 bits per heavy atom. The molecular weight excluding hydrogens is 378 g/mol. The van der Waals surface area contributed by atoms with E-state index in [-0.39, 0.29) is 11.7 Å². The molecule has 6 nitrogen and oxygen atoms in total. The van der Waals surface area contributed by atoms with Gasteiger partial charge in [0, 0.05) is 28.0 Å². The fraction of sp³-hybridized carbons (Fsp3) is 0.0952. The molecule has 28 heavy (non-hydrogen) atoms. The van der Waals surface area contributed by atoms with E-state index >= 15 is 0 Å². The zero-order valence-corrected chi connectivity index (χ0v) is 16.1. The second-order valence-electron chi connectivity index (χ2n) is 5.99. The van der Waals surface area contributed by atoms with Crippen molar-refractivity contribution < 1.29 is 14.3 Å². The average molecular weight is 396 g/mol. The maximum atomic E-state index is 12.6. The lowest BCUT2D eigenvalue weighted by Crippen LogP contribution is -2.13. The van der Waals surface area contributed by atoms with E-state index in [4.69, 9.17) is 16.3 Å². The first-order valence-corrected chi connectivity index (χ1v) is 8.83. The number of halogens is 1. The summed E-state index contributed by atoms with van der Waals surface area (Å²) < 4.78 is 5.24. The van der Waals surface area contributed by atoms with Gasteiger partial charge >= 0.3 is 0 Å². The van der Waals surface area contributed by atoms with Crippen LogP contribution < -0.4 is 15.4 Å². The van der Waals surface area contributed by atoms with Crippen LogP contribution in [0.1, 0.15) is 27.6 Å². The van der Waals surface area contributed by atoms with Crippen LogP contribution in [0.5, 0.6) is 5.75 Å². The molecule has 1 heterocycles. The van der Waals surface area contributed by atoms with Crippen molar-refractivity contribution >= 4 is 40.5 Å². The summed E-state index contributed by atoms with van der Waals surface area (Å²) in [5.74, 6) is 0.690. The quantitative estimate of drug-likeness (QED) is 0.577. The molecule has 2 aromatic carbocycles. The van der Waals surface area contributed by atoms with Gasteiger partial charge in [0.2, 0.25) is 0 Å². The summed E-state index contributed by atoms with van der Waals surface area (Å²) in [5, 5.41) is 6.39. The van der Waals surface area contributed by atoms with Crippen molar-refractivity contribution in [1.29, 1.82) is 0 Å². The molecule has 3 rings (SSSR count). The molecule has 1 aromatic heterocycles. The Kier molecular flexibility index (Phi) is 5.91. The SMILES string of the molecule is COc1ccc(Cl)cc1NC(=O)c1ccnc(Nc2ccc(C(C)=O)cc2)c1. The normalized spacial score (nSPS) is 10.2. The molecule has 0 fully saturated rings. The van der Waals surface area contributed by atoms with Gasteiger partial charge in [-0.05, 0) is 61.5 Å². The highest BCUT2D eigenvalue weighted by Crippen LogP contribution is 2.28. The van der Waals surface area contributed by atoms with Crippen LogP contribution in [0, 0.1) is 0 Å². The molecule has 0 aliphatic carbocycles. The van der Waals surface area contributed by atoms with Gasteiger partial charge in [0.25, 0.3) is 5.91 Å². The number of amides is 1. The van der Waals surface area contributed by atoms with E-state index in [1.54, 1.807) is 54.6 Å². The lowest BCUT2D eigenvalue weighted by atomic mass is 10.1. The third-order valence-electron chi connectivity index (χ3n) is 4.00. The number of benzene rings is 2. The van der Waals surface area contributed by atoms with Crippen molar-refractivity contribution in [3.05, 3.63) is 76.9 Å². The highest BCUT2D eigenvalue weighted by Gasteiger charge is 2.11. The molecule has 7 heteroatoms. The van der Waals surface area contributed by atoms with Crippen molar-refractivity contribution in [3.63, 3.8) is 0 Å². The molecule has 2 N–H and O–H groups in total. The number of Topliss-reactive ketones (excluding diaryl/α,β-unsaturated/α-hetero) is 1. The number of anilines is 3. The fourth-order valence-corrected chi connectivity index (χ4v) is 2.72. The van der Waals surface area contributed by atoms with Crippen LogP contribution in [0.25, 0.3) is 0 Å². The van der Waals surface area contributed by atoms with Crippen LogP contribution in [0.3, 0.4) is 0 Å². The Balaban J connectivity index is 1.76. The van der Waals surface area contributed by atoms with Gasteiger partial charge in [-0.2, -0.15) is 0 Å². The fourth-order valence-electron chi connectivity index (χ4n) is 2.55. The number of ketones is 1. The number of nitrogens with zero attached hydrogens (tertiary/aromatic N) is 1. The molecule has 0 saturated heterocycles. The Bertz CT molecular complexity index is 1020. The molecule has 0 atom stereocenters. The molecule has 0 spiro atoms. The standard InChI is InChI=1S/C21H18ClN3O3/c1-13(26)14-3-6-17(7-4-14)24-20-11-15(9-10-23-20)21(27)25-18-12-16(22)5-8-19(18)28-2/h3-12H,1-2H3,(H,23,24)(H,25,27). The Hall–Kier alpha value is -3.38. The van der Waals surface area contributed by atoms with E-state index in [2.05, 4.69) is 15.6 Å². The number of ether oxygens (including phenoxy) is 1. The predicted molar refractivity (Wildman–Crippen MR) is 110 cm³/mol. The first-order valence-electron chi connectivity index (χ1n) is 8.45. The van der Waals surface area contributed by atoms with Crippen LogP contribution >= 0.6 is 11.6 Å². The van der Waals surface area contributed by atoms with Crippen molar-refractivity contribution in [3.8, 4) is 5.75 Å². The smallest absolute Gasteiger partial charge is 0.255 e. The van der Waals surface area contributed by atoms with E-state index in [1.807, 2.05) is 0 Å². The molecule has 0 aliphatic heterocycles. The number of nitrogens with one attached hydrogen (secondary N) is 2. The molecule has 142 valence electrons. The zero-order valence-electron chi connectivity index (χ0n) is 15.3. The lowest BCUT2D eigenvalue weighted by Gasteiger charge is -2.11. The van der Waals surface area contributed by atoms with Crippen molar-refractivity contribution in [1.82, 2.24) is 4.98 Å². The number of methoxy groups -OCH3 is 1. The van der Waals surface area contributed by atoms with Crippen LogP contribution in [0.15, 0.2) is 60.8 Å². The van der Waals surface area contributed by atoms with Gasteiger partial charge in [0.05, 0.1) is 12.8 Å². The molecule has 0 unspecified atom stereocenters. The third kappa shape index (κ3) is 4.66. The number of carbonyl (C=O) groups is 2. The minimum Gasteiger partial charge on any atom is -0.495 e. The van der Waals surface area contributed by atoms with E-state index in [0.29, 0.717) is 33.4 Å². The highest BCUT2D eigenvalue weighted by molar-refractivity contribution is 6.31. The highest BCUT2D eigenvalue weighted by atomic mass is 35.5. The summed E-state index contributed by atoms with van der Waals surface area (Å²) in [6.45, 7) is 1.51. The lowest BCUT2D eigenvalue weighted by molar-refractivity contribution is 0.101. The summed E-state index contributed by atoms with van der Waals surface area (Å²) >= 11 is 6.00. The number of carbonyl (C=O) groups excluding carboxylic acids is 2. The Morgan fingerprint density at radius 2 is 1.75 bits per heavy atom. The summed E-state index contributed by atoms with van der Waals surface area (Å²) in [7, 11) is 1.52. The topological polar surface area (TPSA) is 80.3 Å². The summed E-state index contributed by atoms with van der Waals surface area (Å²) in [5.41, 5.74) is 2.28. The molecule has 3 aromatic rings. The number of hydrogen-bond acceptors (Lipinski definition) is 5. The molecule has 0 radical (unpaired) electrons. The second kappa shape index (κ2) is 8.54. The van der Waals surface area contributed by atoms with Crippen LogP contribution in [0.4, 0.5) is 17.2 Å². The van der Waals surface area contributed by atoms with Gasteiger partial charge in [0.1, 0.15) is 11.6 Å². The van der Waals surface area contributed by atoms with Gasteiger partial charge in [-0.25, -0.2) is 4.98 Å². The van der Waals surface area contributed by atoms with Gasteiger partial charge < -0.3 is 15.4 Å². The first kappa shape index (κ1) is 19.4. The Morgan fingerprint density at radius 3 is 2.43 bits per heavy atom. The molecular formula is C21H18ClN3O3. The van der Waals surface area contributed by atoms with Crippen LogP contribution in [-0.2, 0) is 0 Å². The van der Waals surface area contributed by atoms with Crippen molar-refractivity contribution in [2.24, 2.45) is 0 Å². The predicted octanol–water partition coefficient (Wildman–Crippen LogP) is 4.94. The van der Waals surface area contributed by atoms with Gasteiger partial charge in [-0.15, -0.1) is 0 Å².